The first-order valence-electron chi connectivity index (χ1n) is 5.97. The minimum Gasteiger partial charge on any atom is -0.354 e. The van der Waals surface area contributed by atoms with Crippen LogP contribution < -0.4 is 5.32 Å². The molecule has 0 saturated heterocycles. The Morgan fingerprint density at radius 3 is 2.21 bits per heavy atom. The van der Waals surface area contributed by atoms with Gasteiger partial charge in [-0.3, -0.25) is 4.79 Å². The molecule has 0 radical (unpaired) electrons. The molecule has 1 atom stereocenters. The lowest BCUT2D eigenvalue weighted by Gasteiger charge is -2.27. The van der Waals surface area contributed by atoms with Crippen molar-refractivity contribution in [1.82, 2.24) is 5.32 Å². The molecule has 2 heteroatoms. The zero-order chi connectivity index (χ0) is 11.0. The van der Waals surface area contributed by atoms with Crippen LogP contribution >= 0.6 is 0 Å². The molecule has 0 bridgehead atoms. The molecule has 0 aliphatic heterocycles. The van der Waals surface area contributed by atoms with Crippen LogP contribution in [-0.2, 0) is 4.79 Å². The Morgan fingerprint density at radius 2 is 1.79 bits per heavy atom. The van der Waals surface area contributed by atoms with Crippen molar-refractivity contribution < 1.29 is 6.22 Å². The van der Waals surface area contributed by atoms with E-state index >= 15 is 0 Å². The highest BCUT2D eigenvalue weighted by Crippen LogP contribution is 2.26. The van der Waals surface area contributed by atoms with Gasteiger partial charge >= 0.3 is 0 Å². The van der Waals surface area contributed by atoms with Gasteiger partial charge in [-0.05, 0) is 25.7 Å². The summed E-state index contributed by atoms with van der Waals surface area (Å²) < 4.78 is 0. The molecule has 86 valence electrons. The SMILES string of the molecule is CC.CC(=O)N[C@H](C)C1CCCCC1.[HH]. The van der Waals surface area contributed by atoms with Crippen LogP contribution in [0.1, 0.15) is 61.2 Å². The van der Waals surface area contributed by atoms with Crippen molar-refractivity contribution >= 4 is 5.91 Å². The molecule has 1 fully saturated rings. The first kappa shape index (κ1) is 13.5. The maximum Gasteiger partial charge on any atom is 0.217 e. The van der Waals surface area contributed by atoms with E-state index in [-0.39, 0.29) is 7.33 Å². The molecule has 1 aliphatic carbocycles. The van der Waals surface area contributed by atoms with E-state index in [4.69, 9.17) is 0 Å². The van der Waals surface area contributed by atoms with Crippen molar-refractivity contribution in [2.24, 2.45) is 5.92 Å². The summed E-state index contributed by atoms with van der Waals surface area (Å²) in [5.74, 6) is 0.829. The van der Waals surface area contributed by atoms with E-state index in [1.165, 1.54) is 32.1 Å². The van der Waals surface area contributed by atoms with E-state index in [9.17, 15) is 4.79 Å². The summed E-state index contributed by atoms with van der Waals surface area (Å²) in [7, 11) is 0. The summed E-state index contributed by atoms with van der Waals surface area (Å²) in [4.78, 5) is 10.8. The molecule has 1 amide bonds. The van der Waals surface area contributed by atoms with Gasteiger partial charge in [0, 0.05) is 14.4 Å². The summed E-state index contributed by atoms with van der Waals surface area (Å²) in [6.45, 7) is 7.72. The number of hydrogen-bond acceptors (Lipinski definition) is 1. The van der Waals surface area contributed by atoms with Gasteiger partial charge in [-0.25, -0.2) is 0 Å². The number of rotatable bonds is 2. The Hall–Kier alpha value is -0.530. The molecule has 0 spiro atoms. The van der Waals surface area contributed by atoms with Gasteiger partial charge in [0.15, 0.2) is 0 Å². The molecule has 0 heterocycles. The molecule has 1 saturated carbocycles. The van der Waals surface area contributed by atoms with E-state index < -0.39 is 0 Å². The van der Waals surface area contributed by atoms with E-state index in [1.54, 1.807) is 6.92 Å². The molecule has 1 rings (SSSR count). The third-order valence-corrected chi connectivity index (χ3v) is 2.79. The van der Waals surface area contributed by atoms with Crippen molar-refractivity contribution in [2.75, 3.05) is 0 Å². The fraction of sp³-hybridized carbons (Fsp3) is 0.917. The molecule has 2 nitrogen and oxygen atoms in total. The quantitative estimate of drug-likeness (QED) is 0.729. The van der Waals surface area contributed by atoms with Crippen LogP contribution in [0.3, 0.4) is 0 Å². The predicted octanol–water partition coefficient (Wildman–Crippen LogP) is 3.36. The highest BCUT2D eigenvalue weighted by atomic mass is 16.1. The van der Waals surface area contributed by atoms with Gasteiger partial charge in [0.2, 0.25) is 5.91 Å². The van der Waals surface area contributed by atoms with Crippen LogP contribution in [0.4, 0.5) is 0 Å². The number of carbonyl (C=O) groups is 1. The summed E-state index contributed by atoms with van der Waals surface area (Å²) in [6, 6.07) is 0.378. The third-order valence-electron chi connectivity index (χ3n) is 2.79. The van der Waals surface area contributed by atoms with Crippen LogP contribution in [0.5, 0.6) is 0 Å². The van der Waals surface area contributed by atoms with Crippen molar-refractivity contribution in [3.63, 3.8) is 0 Å². The fourth-order valence-electron chi connectivity index (χ4n) is 2.07. The zero-order valence-corrected chi connectivity index (χ0v) is 10.1. The molecule has 1 aliphatic rings. The highest BCUT2D eigenvalue weighted by molar-refractivity contribution is 5.73. The largest absolute Gasteiger partial charge is 0.354 e. The average molecular weight is 201 g/mol. The minimum absolute atomic E-state index is 0. The van der Waals surface area contributed by atoms with Crippen molar-refractivity contribution in [3.8, 4) is 0 Å². The first-order chi connectivity index (χ1) is 6.70. The van der Waals surface area contributed by atoms with Gasteiger partial charge in [0.25, 0.3) is 0 Å². The average Bonchev–Trinajstić information content (AvgIpc) is 2.21. The van der Waals surface area contributed by atoms with Crippen LogP contribution in [0.25, 0.3) is 0 Å². The maximum absolute atomic E-state index is 10.8. The Bertz CT molecular complexity index is 156. The summed E-state index contributed by atoms with van der Waals surface area (Å²) in [6.07, 6.45) is 6.65. The monoisotopic (exact) mass is 201 g/mol. The third kappa shape index (κ3) is 5.25. The fourth-order valence-corrected chi connectivity index (χ4v) is 2.07. The van der Waals surface area contributed by atoms with Gasteiger partial charge in [-0.2, -0.15) is 0 Å². The maximum atomic E-state index is 10.8. The van der Waals surface area contributed by atoms with E-state index in [0.717, 1.165) is 5.92 Å². The van der Waals surface area contributed by atoms with Crippen LogP contribution in [0.2, 0.25) is 0 Å². The smallest absolute Gasteiger partial charge is 0.217 e. The lowest BCUT2D eigenvalue weighted by molar-refractivity contribution is -0.119. The van der Waals surface area contributed by atoms with Crippen molar-refractivity contribution in [3.05, 3.63) is 0 Å². The molecule has 0 aromatic carbocycles. The van der Waals surface area contributed by atoms with Gasteiger partial charge in [-0.15, -0.1) is 0 Å². The Labute approximate surface area is 89.9 Å². The van der Waals surface area contributed by atoms with Gasteiger partial charge < -0.3 is 5.32 Å². The lowest BCUT2D eigenvalue weighted by Crippen LogP contribution is -2.37. The molecule has 0 aromatic rings. The number of nitrogens with one attached hydrogen (secondary N) is 1. The van der Waals surface area contributed by atoms with E-state index in [2.05, 4.69) is 12.2 Å². The summed E-state index contributed by atoms with van der Waals surface area (Å²) in [5.41, 5.74) is 0. The molecule has 0 unspecified atom stereocenters. The second-order valence-corrected chi connectivity index (χ2v) is 3.89. The van der Waals surface area contributed by atoms with Crippen LogP contribution in [0.15, 0.2) is 0 Å². The van der Waals surface area contributed by atoms with E-state index in [1.807, 2.05) is 13.8 Å². The van der Waals surface area contributed by atoms with Gasteiger partial charge in [0.1, 0.15) is 0 Å². The Morgan fingerprint density at radius 1 is 1.29 bits per heavy atom. The molecular formula is C12H27NO. The standard InChI is InChI=1S/C10H19NO.C2H6.H2/c1-8(11-9(2)12)10-6-4-3-5-7-10;1-2;/h8,10H,3-7H2,1-2H3,(H,11,12);1-2H3;1H/t8-;;/m1../s1. The highest BCUT2D eigenvalue weighted by Gasteiger charge is 2.19. The van der Waals surface area contributed by atoms with Gasteiger partial charge in [0.05, 0.1) is 0 Å². The Balaban J connectivity index is 0. The van der Waals surface area contributed by atoms with Crippen molar-refractivity contribution in [1.29, 1.82) is 0 Å². The second kappa shape index (κ2) is 7.84. The molecule has 1 N–H and O–H groups in total. The predicted molar refractivity (Wildman–Crippen MR) is 63.3 cm³/mol. The van der Waals surface area contributed by atoms with E-state index in [0.29, 0.717) is 6.04 Å². The lowest BCUT2D eigenvalue weighted by atomic mass is 9.84. The van der Waals surface area contributed by atoms with Crippen LogP contribution in [0, 0.1) is 5.92 Å². The first-order valence-corrected chi connectivity index (χ1v) is 5.97. The normalized spacial score (nSPS) is 19.1. The second-order valence-electron chi connectivity index (χ2n) is 3.89. The topological polar surface area (TPSA) is 29.1 Å². The molecule has 14 heavy (non-hydrogen) atoms. The van der Waals surface area contributed by atoms with Crippen molar-refractivity contribution in [2.45, 2.75) is 65.8 Å². The minimum atomic E-state index is 0. The summed E-state index contributed by atoms with van der Waals surface area (Å²) in [5, 5.41) is 2.97. The van der Waals surface area contributed by atoms with Crippen LogP contribution in [-0.4, -0.2) is 11.9 Å². The Kier molecular flexibility index (Phi) is 7.54. The summed E-state index contributed by atoms with van der Waals surface area (Å²) >= 11 is 0. The molecular weight excluding hydrogens is 174 g/mol. The zero-order valence-electron chi connectivity index (χ0n) is 10.1. The number of carbonyl (C=O) groups excluding carboxylic acids is 1. The number of hydrogen-bond donors (Lipinski definition) is 1. The molecule has 0 aromatic heterocycles. The number of amides is 1. The van der Waals surface area contributed by atoms with Gasteiger partial charge in [-0.1, -0.05) is 33.1 Å².